The van der Waals surface area contributed by atoms with E-state index >= 15 is 0 Å². The number of halogens is 5. The monoisotopic (exact) mass is 381 g/mol. The Morgan fingerprint density at radius 2 is 2.00 bits per heavy atom. The smallest absolute Gasteiger partial charge is 0.347 e. The first-order valence-electron chi connectivity index (χ1n) is 5.66. The Kier molecular flexibility index (Phi) is 4.67. The van der Waals surface area contributed by atoms with Gasteiger partial charge >= 0.3 is 6.18 Å². The maximum Gasteiger partial charge on any atom is 0.419 e. The molecular formula is C13H8BrF4NOS. The molecule has 0 aliphatic heterocycles. The summed E-state index contributed by atoms with van der Waals surface area (Å²) in [7, 11) is 0. The van der Waals surface area contributed by atoms with Crippen LogP contribution in [0.1, 0.15) is 20.8 Å². The Morgan fingerprint density at radius 3 is 2.57 bits per heavy atom. The third-order valence-corrected chi connectivity index (χ3v) is 4.56. The number of rotatable bonds is 3. The quantitative estimate of drug-likeness (QED) is 0.773. The molecule has 0 aliphatic carbocycles. The highest BCUT2D eigenvalue weighted by molar-refractivity contribution is 9.10. The van der Waals surface area contributed by atoms with Gasteiger partial charge in [-0.05, 0) is 45.6 Å². The molecule has 0 aliphatic rings. The summed E-state index contributed by atoms with van der Waals surface area (Å²) in [6.45, 7) is 0.176. The normalized spacial score (nSPS) is 11.5. The van der Waals surface area contributed by atoms with Crippen molar-refractivity contribution in [2.75, 3.05) is 0 Å². The van der Waals surface area contributed by atoms with Crippen LogP contribution in [0.5, 0.6) is 0 Å². The molecule has 8 heteroatoms. The van der Waals surface area contributed by atoms with E-state index in [4.69, 9.17) is 0 Å². The van der Waals surface area contributed by atoms with E-state index < -0.39 is 23.5 Å². The largest absolute Gasteiger partial charge is 0.419 e. The van der Waals surface area contributed by atoms with Crippen LogP contribution in [-0.4, -0.2) is 5.91 Å². The maximum atomic E-state index is 13.1. The average molecular weight is 382 g/mol. The SMILES string of the molecule is O=C(NCc1sccc1Br)c1ccc(F)c(C(F)(F)F)c1. The molecule has 1 amide bonds. The van der Waals surface area contributed by atoms with Crippen LogP contribution in [0.15, 0.2) is 34.1 Å². The molecule has 1 N–H and O–H groups in total. The fourth-order valence-electron chi connectivity index (χ4n) is 1.60. The van der Waals surface area contributed by atoms with E-state index in [0.29, 0.717) is 12.1 Å². The van der Waals surface area contributed by atoms with Crippen LogP contribution in [0.25, 0.3) is 0 Å². The number of carbonyl (C=O) groups excluding carboxylic acids is 1. The molecular weight excluding hydrogens is 374 g/mol. The average Bonchev–Trinajstić information content (AvgIpc) is 2.80. The lowest BCUT2D eigenvalue weighted by Gasteiger charge is -2.10. The van der Waals surface area contributed by atoms with Gasteiger partial charge in [-0.2, -0.15) is 13.2 Å². The van der Waals surface area contributed by atoms with E-state index in [0.717, 1.165) is 15.4 Å². The standard InChI is InChI=1S/C13H8BrF4NOS/c14-9-3-4-21-11(9)6-19-12(20)7-1-2-10(15)8(5-7)13(16,17)18/h1-5H,6H2,(H,19,20). The minimum atomic E-state index is -4.84. The summed E-state index contributed by atoms with van der Waals surface area (Å²) < 4.78 is 51.7. The summed E-state index contributed by atoms with van der Waals surface area (Å²) in [6.07, 6.45) is -4.84. The van der Waals surface area contributed by atoms with Crippen molar-refractivity contribution in [3.05, 3.63) is 55.9 Å². The van der Waals surface area contributed by atoms with Crippen LogP contribution in [0.4, 0.5) is 17.6 Å². The number of hydrogen-bond acceptors (Lipinski definition) is 2. The van der Waals surface area contributed by atoms with Crippen molar-refractivity contribution >= 4 is 33.2 Å². The maximum absolute atomic E-state index is 13.1. The zero-order valence-corrected chi connectivity index (χ0v) is 12.7. The van der Waals surface area contributed by atoms with Gasteiger partial charge in [0.05, 0.1) is 12.1 Å². The second kappa shape index (κ2) is 6.15. The predicted molar refractivity (Wildman–Crippen MR) is 74.6 cm³/mol. The molecule has 0 saturated heterocycles. The van der Waals surface area contributed by atoms with E-state index in [1.165, 1.54) is 11.3 Å². The molecule has 21 heavy (non-hydrogen) atoms. The highest BCUT2D eigenvalue weighted by Crippen LogP contribution is 2.32. The summed E-state index contributed by atoms with van der Waals surface area (Å²) in [6, 6.07) is 3.96. The van der Waals surface area contributed by atoms with Crippen molar-refractivity contribution in [3.63, 3.8) is 0 Å². The van der Waals surface area contributed by atoms with Gasteiger partial charge in [0, 0.05) is 14.9 Å². The van der Waals surface area contributed by atoms with Crippen LogP contribution in [-0.2, 0) is 12.7 Å². The number of nitrogens with one attached hydrogen (secondary N) is 1. The fraction of sp³-hybridized carbons (Fsp3) is 0.154. The fourth-order valence-corrected chi connectivity index (χ4v) is 3.03. The van der Waals surface area contributed by atoms with Gasteiger partial charge in [-0.15, -0.1) is 11.3 Å². The predicted octanol–water partition coefficient (Wildman–Crippen LogP) is 4.60. The molecule has 0 unspecified atom stereocenters. The second-order valence-electron chi connectivity index (χ2n) is 4.07. The molecule has 0 spiro atoms. The van der Waals surface area contributed by atoms with Crippen LogP contribution in [0.2, 0.25) is 0 Å². The summed E-state index contributed by atoms with van der Waals surface area (Å²) in [5.41, 5.74) is -1.69. The van der Waals surface area contributed by atoms with Crippen molar-refractivity contribution < 1.29 is 22.4 Å². The minimum absolute atomic E-state index is 0.176. The van der Waals surface area contributed by atoms with Gasteiger partial charge in [0.25, 0.3) is 5.91 Å². The van der Waals surface area contributed by atoms with Gasteiger partial charge in [-0.3, -0.25) is 4.79 Å². The molecule has 2 rings (SSSR count). The molecule has 0 radical (unpaired) electrons. The number of benzene rings is 1. The second-order valence-corrected chi connectivity index (χ2v) is 5.92. The Labute approximate surface area is 129 Å². The molecule has 1 aromatic carbocycles. The van der Waals surface area contributed by atoms with Crippen LogP contribution in [0.3, 0.4) is 0 Å². The number of alkyl halides is 3. The van der Waals surface area contributed by atoms with Crippen molar-refractivity contribution in [1.29, 1.82) is 0 Å². The van der Waals surface area contributed by atoms with Crippen molar-refractivity contribution in [2.24, 2.45) is 0 Å². The first-order valence-corrected chi connectivity index (χ1v) is 7.33. The molecule has 112 valence electrons. The molecule has 1 aromatic heterocycles. The van der Waals surface area contributed by atoms with Crippen molar-refractivity contribution in [2.45, 2.75) is 12.7 Å². The Morgan fingerprint density at radius 1 is 1.29 bits per heavy atom. The van der Waals surface area contributed by atoms with Gasteiger partial charge in [0.2, 0.25) is 0 Å². The van der Waals surface area contributed by atoms with Gasteiger partial charge in [-0.25, -0.2) is 4.39 Å². The number of hydrogen-bond donors (Lipinski definition) is 1. The minimum Gasteiger partial charge on any atom is -0.347 e. The third-order valence-electron chi connectivity index (χ3n) is 2.63. The van der Waals surface area contributed by atoms with Crippen LogP contribution in [0, 0.1) is 5.82 Å². The lowest BCUT2D eigenvalue weighted by Crippen LogP contribution is -2.23. The topological polar surface area (TPSA) is 29.1 Å². The zero-order valence-electron chi connectivity index (χ0n) is 10.3. The first kappa shape index (κ1) is 16.0. The van der Waals surface area contributed by atoms with Gasteiger partial charge in [0.15, 0.2) is 0 Å². The lowest BCUT2D eigenvalue weighted by atomic mass is 10.1. The third kappa shape index (κ3) is 3.82. The van der Waals surface area contributed by atoms with E-state index in [1.54, 1.807) is 6.07 Å². The van der Waals surface area contributed by atoms with E-state index in [-0.39, 0.29) is 12.1 Å². The zero-order chi connectivity index (χ0) is 15.6. The van der Waals surface area contributed by atoms with E-state index in [2.05, 4.69) is 21.2 Å². The molecule has 0 fully saturated rings. The van der Waals surface area contributed by atoms with Crippen LogP contribution >= 0.6 is 27.3 Å². The number of carbonyl (C=O) groups is 1. The Hall–Kier alpha value is -1.41. The molecule has 0 bridgehead atoms. The Balaban J connectivity index is 2.15. The van der Waals surface area contributed by atoms with Gasteiger partial charge in [-0.1, -0.05) is 0 Å². The number of amides is 1. The van der Waals surface area contributed by atoms with Crippen molar-refractivity contribution in [1.82, 2.24) is 5.32 Å². The van der Waals surface area contributed by atoms with E-state index in [9.17, 15) is 22.4 Å². The molecule has 0 saturated carbocycles. The van der Waals surface area contributed by atoms with Crippen LogP contribution < -0.4 is 5.32 Å². The van der Waals surface area contributed by atoms with Crippen molar-refractivity contribution in [3.8, 4) is 0 Å². The highest BCUT2D eigenvalue weighted by Gasteiger charge is 2.34. The molecule has 1 heterocycles. The summed E-state index contributed by atoms with van der Waals surface area (Å²) >= 11 is 4.68. The summed E-state index contributed by atoms with van der Waals surface area (Å²) in [5.74, 6) is -2.10. The number of thiophene rings is 1. The molecule has 0 atom stereocenters. The first-order chi connectivity index (χ1) is 9.79. The van der Waals surface area contributed by atoms with E-state index in [1.807, 2.05) is 5.38 Å². The van der Waals surface area contributed by atoms with Gasteiger partial charge < -0.3 is 5.32 Å². The van der Waals surface area contributed by atoms with Gasteiger partial charge in [0.1, 0.15) is 5.82 Å². The highest BCUT2D eigenvalue weighted by atomic mass is 79.9. The molecule has 2 aromatic rings. The molecule has 2 nitrogen and oxygen atoms in total. The summed E-state index contributed by atoms with van der Waals surface area (Å²) in [5, 5.41) is 4.30. The lowest BCUT2D eigenvalue weighted by molar-refractivity contribution is -0.140. The Bertz CT molecular complexity index is 668. The summed E-state index contributed by atoms with van der Waals surface area (Å²) in [4.78, 5) is 12.7.